The Morgan fingerprint density at radius 2 is 2.38 bits per heavy atom. The molecule has 0 unspecified atom stereocenters. The molecule has 0 amide bonds. The highest BCUT2D eigenvalue weighted by molar-refractivity contribution is 6.33. The molecule has 2 aromatic rings. The number of anilines is 2. The van der Waals surface area contributed by atoms with Crippen LogP contribution in [0.1, 0.15) is 6.92 Å². The van der Waals surface area contributed by atoms with Crippen molar-refractivity contribution < 1.29 is 0 Å². The zero-order chi connectivity index (χ0) is 11.5. The molecule has 0 saturated heterocycles. The van der Waals surface area contributed by atoms with E-state index in [-0.39, 0.29) is 5.02 Å². The van der Waals surface area contributed by atoms with Crippen LogP contribution in [0.3, 0.4) is 0 Å². The monoisotopic (exact) mass is 239 g/mol. The van der Waals surface area contributed by atoms with Crippen LogP contribution in [-0.2, 0) is 6.54 Å². The lowest BCUT2D eigenvalue weighted by molar-refractivity contribution is 0.660. The van der Waals surface area contributed by atoms with Crippen molar-refractivity contribution in [3.8, 4) is 0 Å². The van der Waals surface area contributed by atoms with E-state index in [2.05, 4.69) is 20.6 Å². The van der Waals surface area contributed by atoms with Gasteiger partial charge in [-0.3, -0.25) is 9.48 Å². The first kappa shape index (κ1) is 10.7. The topological polar surface area (TPSA) is 75.6 Å². The van der Waals surface area contributed by atoms with Crippen LogP contribution in [0.5, 0.6) is 0 Å². The summed E-state index contributed by atoms with van der Waals surface area (Å²) in [4.78, 5) is 11.2. The van der Waals surface area contributed by atoms with E-state index in [1.165, 1.54) is 6.20 Å². The summed E-state index contributed by atoms with van der Waals surface area (Å²) < 4.78 is 1.76. The molecule has 0 aliphatic heterocycles. The standard InChI is InChI=1S/C9H10ClN5O/c1-2-15-5-6(3-12-15)13-7-4-11-14-9(16)8(7)10/h3-5H,2H2,1H3,(H2,13,14,16). The van der Waals surface area contributed by atoms with Crippen molar-refractivity contribution in [3.05, 3.63) is 34.0 Å². The second-order valence-electron chi connectivity index (χ2n) is 3.14. The summed E-state index contributed by atoms with van der Waals surface area (Å²) >= 11 is 5.81. The third kappa shape index (κ3) is 2.06. The molecule has 0 aliphatic rings. The molecule has 2 aromatic heterocycles. The van der Waals surface area contributed by atoms with E-state index >= 15 is 0 Å². The summed E-state index contributed by atoms with van der Waals surface area (Å²) in [5, 5.41) is 13.0. The maximum Gasteiger partial charge on any atom is 0.285 e. The molecule has 0 aliphatic carbocycles. The first-order chi connectivity index (χ1) is 7.70. The molecule has 2 N–H and O–H groups in total. The van der Waals surface area contributed by atoms with Crippen LogP contribution in [-0.4, -0.2) is 20.0 Å². The predicted octanol–water partition coefficient (Wildman–Crippen LogP) is 1.38. The first-order valence-electron chi connectivity index (χ1n) is 4.73. The minimum Gasteiger partial charge on any atom is -0.350 e. The van der Waals surface area contributed by atoms with Gasteiger partial charge in [-0.15, -0.1) is 0 Å². The van der Waals surface area contributed by atoms with Gasteiger partial charge in [-0.25, -0.2) is 5.10 Å². The molecule has 7 heteroatoms. The Balaban J connectivity index is 2.27. The number of H-pyrrole nitrogens is 1. The molecule has 2 heterocycles. The minimum atomic E-state index is -0.422. The lowest BCUT2D eigenvalue weighted by Gasteiger charge is -2.03. The van der Waals surface area contributed by atoms with Gasteiger partial charge in [-0.2, -0.15) is 10.2 Å². The molecule has 6 nitrogen and oxygen atoms in total. The number of nitrogens with zero attached hydrogens (tertiary/aromatic N) is 3. The normalized spacial score (nSPS) is 10.4. The van der Waals surface area contributed by atoms with Crippen molar-refractivity contribution in [2.45, 2.75) is 13.5 Å². The Morgan fingerprint density at radius 3 is 3.06 bits per heavy atom. The van der Waals surface area contributed by atoms with Gasteiger partial charge >= 0.3 is 0 Å². The van der Waals surface area contributed by atoms with Gasteiger partial charge < -0.3 is 5.32 Å². The zero-order valence-electron chi connectivity index (χ0n) is 8.57. The summed E-state index contributed by atoms with van der Waals surface area (Å²) in [7, 11) is 0. The second-order valence-corrected chi connectivity index (χ2v) is 3.51. The Bertz CT molecular complexity index is 547. The van der Waals surface area contributed by atoms with E-state index in [1.807, 2.05) is 13.1 Å². The molecule has 0 fully saturated rings. The molecule has 84 valence electrons. The minimum absolute atomic E-state index is 0.0826. The van der Waals surface area contributed by atoms with Crippen molar-refractivity contribution in [1.82, 2.24) is 20.0 Å². The van der Waals surface area contributed by atoms with Gasteiger partial charge in [0.1, 0.15) is 5.02 Å². The lowest BCUT2D eigenvalue weighted by Crippen LogP contribution is -2.09. The fraction of sp³-hybridized carbons (Fsp3) is 0.222. The maximum atomic E-state index is 11.2. The van der Waals surface area contributed by atoms with E-state index in [9.17, 15) is 4.79 Å². The van der Waals surface area contributed by atoms with E-state index < -0.39 is 5.56 Å². The van der Waals surface area contributed by atoms with E-state index in [0.717, 1.165) is 12.2 Å². The third-order valence-corrected chi connectivity index (χ3v) is 2.41. The summed E-state index contributed by atoms with van der Waals surface area (Å²) in [6.45, 7) is 2.77. The maximum absolute atomic E-state index is 11.2. The van der Waals surface area contributed by atoms with Crippen molar-refractivity contribution >= 4 is 23.0 Å². The van der Waals surface area contributed by atoms with Gasteiger partial charge in [-0.05, 0) is 6.92 Å². The zero-order valence-corrected chi connectivity index (χ0v) is 9.32. The van der Waals surface area contributed by atoms with Gasteiger partial charge in [0.15, 0.2) is 0 Å². The largest absolute Gasteiger partial charge is 0.350 e. The average Bonchev–Trinajstić information content (AvgIpc) is 2.73. The Morgan fingerprint density at radius 1 is 1.56 bits per heavy atom. The number of hydrogen-bond donors (Lipinski definition) is 2. The molecule has 2 rings (SSSR count). The summed E-state index contributed by atoms with van der Waals surface area (Å²) in [6.07, 6.45) is 4.92. The smallest absolute Gasteiger partial charge is 0.285 e. The molecule has 0 bridgehead atoms. The van der Waals surface area contributed by atoms with Crippen molar-refractivity contribution in [1.29, 1.82) is 0 Å². The fourth-order valence-corrected chi connectivity index (χ4v) is 1.37. The van der Waals surface area contributed by atoms with Gasteiger partial charge in [0.25, 0.3) is 5.56 Å². The van der Waals surface area contributed by atoms with E-state index in [1.54, 1.807) is 10.9 Å². The first-order valence-corrected chi connectivity index (χ1v) is 5.11. The van der Waals surface area contributed by atoms with Gasteiger partial charge in [0.2, 0.25) is 0 Å². The Kier molecular flexibility index (Phi) is 2.91. The highest BCUT2D eigenvalue weighted by atomic mass is 35.5. The highest BCUT2D eigenvalue weighted by Gasteiger charge is 2.05. The molecular formula is C9H10ClN5O. The quantitative estimate of drug-likeness (QED) is 0.849. The molecule has 0 radical (unpaired) electrons. The number of hydrogen-bond acceptors (Lipinski definition) is 4. The summed E-state index contributed by atoms with van der Waals surface area (Å²) in [5.74, 6) is 0. The highest BCUT2D eigenvalue weighted by Crippen LogP contribution is 2.19. The molecule has 0 saturated carbocycles. The van der Waals surface area contributed by atoms with Gasteiger partial charge in [-0.1, -0.05) is 11.6 Å². The number of aryl methyl sites for hydroxylation is 1. The molecule has 16 heavy (non-hydrogen) atoms. The van der Waals surface area contributed by atoms with Crippen LogP contribution in [0.25, 0.3) is 0 Å². The third-order valence-electron chi connectivity index (χ3n) is 2.03. The van der Waals surface area contributed by atoms with Crippen LogP contribution in [0.2, 0.25) is 5.02 Å². The number of rotatable bonds is 3. The fourth-order valence-electron chi connectivity index (χ4n) is 1.23. The van der Waals surface area contributed by atoms with Crippen molar-refractivity contribution in [2.75, 3.05) is 5.32 Å². The predicted molar refractivity (Wildman–Crippen MR) is 61.1 cm³/mol. The summed E-state index contributed by atoms with van der Waals surface area (Å²) in [6, 6.07) is 0. The number of halogens is 1. The number of nitrogens with one attached hydrogen (secondary N) is 2. The average molecular weight is 240 g/mol. The number of aromatic amines is 1. The van der Waals surface area contributed by atoms with Crippen LogP contribution in [0, 0.1) is 0 Å². The van der Waals surface area contributed by atoms with Crippen molar-refractivity contribution in [3.63, 3.8) is 0 Å². The van der Waals surface area contributed by atoms with E-state index in [4.69, 9.17) is 11.6 Å². The summed E-state index contributed by atoms with van der Waals surface area (Å²) in [5.41, 5.74) is 0.798. The van der Waals surface area contributed by atoms with Crippen molar-refractivity contribution in [2.24, 2.45) is 0 Å². The number of aromatic nitrogens is 4. The van der Waals surface area contributed by atoms with Gasteiger partial charge in [0.05, 0.1) is 23.8 Å². The van der Waals surface area contributed by atoms with Crippen LogP contribution >= 0.6 is 11.6 Å². The molecule has 0 aromatic carbocycles. The molecule has 0 spiro atoms. The van der Waals surface area contributed by atoms with Gasteiger partial charge in [0, 0.05) is 12.7 Å². The van der Waals surface area contributed by atoms with Crippen LogP contribution in [0.15, 0.2) is 23.4 Å². The SMILES string of the molecule is CCn1cc(Nc2cn[nH]c(=O)c2Cl)cn1. The van der Waals surface area contributed by atoms with Crippen LogP contribution < -0.4 is 10.9 Å². The Hall–Kier alpha value is -1.82. The second kappa shape index (κ2) is 4.36. The Labute approximate surface area is 96.2 Å². The van der Waals surface area contributed by atoms with Crippen LogP contribution in [0.4, 0.5) is 11.4 Å². The molecular weight excluding hydrogens is 230 g/mol. The lowest BCUT2D eigenvalue weighted by atomic mass is 10.4. The van der Waals surface area contributed by atoms with E-state index in [0.29, 0.717) is 5.69 Å². The molecule has 0 atom stereocenters.